The van der Waals surface area contributed by atoms with Gasteiger partial charge in [-0.25, -0.2) is 9.97 Å². The van der Waals surface area contributed by atoms with Crippen molar-refractivity contribution in [1.82, 2.24) is 28.7 Å². The third-order valence-corrected chi connectivity index (χ3v) is 17.5. The van der Waals surface area contributed by atoms with E-state index in [1.807, 2.05) is 82.5 Å². The molecule has 6 nitrogen and oxygen atoms in total. The van der Waals surface area contributed by atoms with Crippen molar-refractivity contribution in [3.8, 4) is 0 Å². The first-order chi connectivity index (χ1) is 30.8. The fourth-order valence-corrected chi connectivity index (χ4v) is 15.4. The van der Waals surface area contributed by atoms with E-state index >= 15 is 0 Å². The summed E-state index contributed by atoms with van der Waals surface area (Å²) in [6.45, 7) is 0. The maximum absolute atomic E-state index is 4.74. The zero-order valence-electron chi connectivity index (χ0n) is 32.3. The van der Waals surface area contributed by atoms with Crippen LogP contribution in [0.1, 0.15) is 0 Å². The zero-order chi connectivity index (χ0) is 40.2. The summed E-state index contributed by atoms with van der Waals surface area (Å²) in [7, 11) is 0. The number of pyridine rings is 4. The zero-order valence-corrected chi connectivity index (χ0v) is 35.6. The van der Waals surface area contributed by atoms with Crippen molar-refractivity contribution < 1.29 is 0 Å². The Hall–Kier alpha value is -7.08. The fraction of sp³-hybridized carbons (Fsp3) is 0. The monoisotopic (exact) mass is 862 g/mol. The van der Waals surface area contributed by atoms with Gasteiger partial charge in [-0.1, -0.05) is 72.8 Å². The standard InChI is InChI=1S/2C26H13N3S2/c1-3-7-18-15(5-1)21-20-17-13-27-10-9-14(17)26-28-11-12-29(26)23(20)22-16-6-2-4-8-19(16)31-25(22)24(21)30-18;1-3-7-18-15(5-1)20-23-21(17-13-27-10-9-14(17)26-28-11-12-29(23)26)25-22(24(20)30-18)16-6-2-4-8-19(16)31-25/h2*1-13H. The van der Waals surface area contributed by atoms with E-state index in [2.05, 4.69) is 140 Å². The van der Waals surface area contributed by atoms with E-state index in [1.54, 1.807) is 0 Å². The SMILES string of the molecule is c1ccc2c(c1)sc1c2c2sc3ccccc3c2c2c1c1cnccc1c1nccn12.c1ccc2c(c1)sc1c3sc4ccccc4c3c3c(c4cnccc4c4nccn43)c21. The van der Waals surface area contributed by atoms with Gasteiger partial charge in [-0.15, -0.1) is 45.3 Å². The highest BCUT2D eigenvalue weighted by molar-refractivity contribution is 7.34. The highest BCUT2D eigenvalue weighted by atomic mass is 32.1. The van der Waals surface area contributed by atoms with Gasteiger partial charge in [0.25, 0.3) is 0 Å². The molecule has 62 heavy (non-hydrogen) atoms. The minimum atomic E-state index is 0.986. The number of imidazole rings is 2. The minimum absolute atomic E-state index is 0.986. The molecule has 0 aliphatic carbocycles. The third kappa shape index (κ3) is 4.26. The first-order valence-electron chi connectivity index (χ1n) is 20.3. The molecule has 0 atom stereocenters. The number of fused-ring (bicyclic) bond motifs is 30. The predicted molar refractivity (Wildman–Crippen MR) is 268 cm³/mol. The van der Waals surface area contributed by atoms with Crippen LogP contribution in [0.25, 0.3) is 135 Å². The van der Waals surface area contributed by atoms with Gasteiger partial charge >= 0.3 is 0 Å². The first-order valence-corrected chi connectivity index (χ1v) is 23.6. The van der Waals surface area contributed by atoms with Crippen LogP contribution in [0.15, 0.2) is 159 Å². The van der Waals surface area contributed by atoms with Crippen molar-refractivity contribution >= 4 is 181 Å². The molecule has 288 valence electrons. The lowest BCUT2D eigenvalue weighted by Gasteiger charge is -2.11. The molecule has 0 saturated carbocycles. The van der Waals surface area contributed by atoms with E-state index in [0.717, 1.165) is 22.1 Å². The van der Waals surface area contributed by atoms with Gasteiger partial charge in [0.05, 0.1) is 20.4 Å². The lowest BCUT2D eigenvalue weighted by Crippen LogP contribution is -1.92. The number of thiophene rings is 4. The van der Waals surface area contributed by atoms with Gasteiger partial charge in [-0.05, 0) is 36.4 Å². The molecule has 10 heteroatoms. The van der Waals surface area contributed by atoms with Crippen LogP contribution < -0.4 is 0 Å². The van der Waals surface area contributed by atoms with Crippen molar-refractivity contribution in [2.75, 3.05) is 0 Å². The van der Waals surface area contributed by atoms with E-state index in [-0.39, 0.29) is 0 Å². The number of hydrogen-bond donors (Lipinski definition) is 0. The molecule has 0 aliphatic heterocycles. The van der Waals surface area contributed by atoms with Crippen LogP contribution in [0.5, 0.6) is 0 Å². The van der Waals surface area contributed by atoms with E-state index in [1.165, 1.54) is 113 Å². The van der Waals surface area contributed by atoms with Gasteiger partial charge in [0.2, 0.25) is 0 Å². The fourth-order valence-electron chi connectivity index (χ4n) is 10.2. The molecule has 10 aromatic heterocycles. The second kappa shape index (κ2) is 12.3. The predicted octanol–water partition coefficient (Wildman–Crippen LogP) is 15.5. The summed E-state index contributed by atoms with van der Waals surface area (Å²) in [5, 5.41) is 17.8. The van der Waals surface area contributed by atoms with Crippen molar-refractivity contribution in [1.29, 1.82) is 0 Å². The number of aromatic nitrogens is 6. The Balaban J connectivity index is 0.000000116. The smallest absolute Gasteiger partial charge is 0.145 e. The van der Waals surface area contributed by atoms with Crippen LogP contribution in [-0.2, 0) is 0 Å². The Labute approximate surface area is 365 Å². The lowest BCUT2D eigenvalue weighted by atomic mass is 9.98. The molecule has 16 rings (SSSR count). The molecular weight excluding hydrogens is 837 g/mol. The average molecular weight is 863 g/mol. The molecule has 0 spiro atoms. The summed E-state index contributed by atoms with van der Waals surface area (Å²) in [6.07, 6.45) is 15.8. The van der Waals surface area contributed by atoms with Gasteiger partial charge < -0.3 is 0 Å². The van der Waals surface area contributed by atoms with Gasteiger partial charge in [0.15, 0.2) is 0 Å². The molecule has 0 bridgehead atoms. The highest BCUT2D eigenvalue weighted by Gasteiger charge is 2.24. The van der Waals surface area contributed by atoms with Gasteiger partial charge in [0, 0.05) is 153 Å². The van der Waals surface area contributed by atoms with E-state index < -0.39 is 0 Å². The first kappa shape index (κ1) is 33.6. The average Bonchev–Trinajstić information content (AvgIpc) is 4.19. The maximum Gasteiger partial charge on any atom is 0.145 e. The molecule has 0 N–H and O–H groups in total. The quantitative estimate of drug-likeness (QED) is 0.143. The molecule has 6 aromatic carbocycles. The molecule has 0 saturated heterocycles. The summed E-state index contributed by atoms with van der Waals surface area (Å²) in [5.41, 5.74) is 4.44. The second-order valence-electron chi connectivity index (χ2n) is 15.7. The summed E-state index contributed by atoms with van der Waals surface area (Å²) >= 11 is 7.59. The molecule has 16 aromatic rings. The molecule has 0 aliphatic rings. The Bertz CT molecular complexity index is 4590. The molecule has 0 fully saturated rings. The maximum atomic E-state index is 4.74. The summed E-state index contributed by atoms with van der Waals surface area (Å²) in [6, 6.07) is 39.3. The van der Waals surface area contributed by atoms with Crippen LogP contribution in [0.2, 0.25) is 0 Å². The molecule has 10 heterocycles. The summed E-state index contributed by atoms with van der Waals surface area (Å²) in [4.78, 5) is 18.5. The van der Waals surface area contributed by atoms with Gasteiger partial charge in [-0.3, -0.25) is 18.8 Å². The molecule has 0 amide bonds. The topological polar surface area (TPSA) is 60.4 Å². The van der Waals surface area contributed by atoms with Crippen molar-refractivity contribution in [3.63, 3.8) is 0 Å². The van der Waals surface area contributed by atoms with E-state index in [4.69, 9.17) is 9.97 Å². The Morgan fingerprint density at radius 1 is 0.323 bits per heavy atom. The summed E-state index contributed by atoms with van der Waals surface area (Å²) in [5.74, 6) is 0. The number of hydrogen-bond acceptors (Lipinski definition) is 8. The van der Waals surface area contributed by atoms with Crippen LogP contribution >= 0.6 is 45.3 Å². The second-order valence-corrected chi connectivity index (χ2v) is 19.9. The number of rotatable bonds is 0. The lowest BCUT2D eigenvalue weighted by molar-refractivity contribution is 1.28. The van der Waals surface area contributed by atoms with Crippen molar-refractivity contribution in [3.05, 3.63) is 159 Å². The minimum Gasteiger partial charge on any atom is -0.298 e. The normalized spacial score (nSPS) is 12.5. The van der Waals surface area contributed by atoms with Gasteiger partial charge in [-0.2, -0.15) is 0 Å². The van der Waals surface area contributed by atoms with E-state index in [9.17, 15) is 0 Å². The van der Waals surface area contributed by atoms with Crippen molar-refractivity contribution in [2.24, 2.45) is 0 Å². The van der Waals surface area contributed by atoms with Gasteiger partial charge in [0.1, 0.15) is 11.3 Å². The third-order valence-electron chi connectivity index (χ3n) is 12.7. The van der Waals surface area contributed by atoms with Crippen molar-refractivity contribution in [2.45, 2.75) is 0 Å². The number of benzene rings is 6. The van der Waals surface area contributed by atoms with E-state index in [0.29, 0.717) is 0 Å². The number of nitrogens with zero attached hydrogens (tertiary/aromatic N) is 6. The van der Waals surface area contributed by atoms with Crippen LogP contribution in [-0.4, -0.2) is 28.7 Å². The van der Waals surface area contributed by atoms with Crippen LogP contribution in [0, 0.1) is 0 Å². The Kier molecular flexibility index (Phi) is 6.65. The Morgan fingerprint density at radius 3 is 1.24 bits per heavy atom. The van der Waals surface area contributed by atoms with Crippen LogP contribution in [0.3, 0.4) is 0 Å². The highest BCUT2D eigenvalue weighted by Crippen LogP contribution is 2.52. The largest absolute Gasteiger partial charge is 0.298 e. The Morgan fingerprint density at radius 2 is 0.710 bits per heavy atom. The molecular formula is C52H26N6S4. The van der Waals surface area contributed by atoms with Crippen LogP contribution in [0.4, 0.5) is 0 Å². The molecule has 0 unspecified atom stereocenters. The summed E-state index contributed by atoms with van der Waals surface area (Å²) < 4.78 is 15.3. The molecule has 0 radical (unpaired) electrons.